The number of sulfone groups is 1. The van der Waals surface area contributed by atoms with Gasteiger partial charge < -0.3 is 5.11 Å². The van der Waals surface area contributed by atoms with Gasteiger partial charge in [0.15, 0.2) is 9.84 Å². The topological polar surface area (TPSA) is 101 Å². The van der Waals surface area contributed by atoms with Gasteiger partial charge in [-0.3, -0.25) is 0 Å². The van der Waals surface area contributed by atoms with E-state index in [4.69, 9.17) is 5.11 Å². The smallest absolute Gasteiger partial charge is 0.211 e. The van der Waals surface area contributed by atoms with Gasteiger partial charge in [-0.15, -0.1) is 0 Å². The van der Waals surface area contributed by atoms with Crippen LogP contribution in [-0.4, -0.2) is 51.8 Å². The molecule has 1 aliphatic heterocycles. The number of rotatable bonds is 6. The number of unbranched alkanes of at least 4 members (excludes halogenated alkanes) is 1. The first kappa shape index (κ1) is 14.9. The van der Waals surface area contributed by atoms with E-state index in [-0.39, 0.29) is 23.9 Å². The lowest BCUT2D eigenvalue weighted by atomic mass is 10.2. The van der Waals surface area contributed by atoms with Crippen molar-refractivity contribution >= 4 is 19.9 Å². The predicted octanol–water partition coefficient (Wildman–Crippen LogP) is -0.744. The molecule has 17 heavy (non-hydrogen) atoms. The van der Waals surface area contributed by atoms with Crippen LogP contribution in [0.2, 0.25) is 0 Å². The average molecular weight is 285 g/mol. The van der Waals surface area contributed by atoms with E-state index in [1.165, 1.54) is 0 Å². The van der Waals surface area contributed by atoms with Crippen molar-refractivity contribution in [3.63, 3.8) is 0 Å². The second-order valence-electron chi connectivity index (χ2n) is 4.32. The fourth-order valence-corrected chi connectivity index (χ4v) is 4.99. The highest BCUT2D eigenvalue weighted by Gasteiger charge is 2.27. The second kappa shape index (κ2) is 6.12. The number of hydrogen-bond donors (Lipinski definition) is 2. The van der Waals surface area contributed by atoms with Gasteiger partial charge in [0.05, 0.1) is 17.3 Å². The number of aliphatic hydroxyl groups is 1. The van der Waals surface area contributed by atoms with Gasteiger partial charge in [0.1, 0.15) is 0 Å². The van der Waals surface area contributed by atoms with Crippen LogP contribution in [-0.2, 0) is 19.9 Å². The Balaban J connectivity index is 2.47. The zero-order valence-corrected chi connectivity index (χ0v) is 11.3. The number of hydrogen-bond acceptors (Lipinski definition) is 5. The molecule has 1 saturated heterocycles. The lowest BCUT2D eigenvalue weighted by Crippen LogP contribution is -2.43. The largest absolute Gasteiger partial charge is 0.396 e. The van der Waals surface area contributed by atoms with Crippen LogP contribution >= 0.6 is 0 Å². The molecule has 0 saturated carbocycles. The van der Waals surface area contributed by atoms with Crippen molar-refractivity contribution in [2.45, 2.75) is 31.7 Å². The third-order valence-electron chi connectivity index (χ3n) is 2.63. The summed E-state index contributed by atoms with van der Waals surface area (Å²) >= 11 is 0. The zero-order valence-electron chi connectivity index (χ0n) is 9.63. The van der Waals surface area contributed by atoms with Crippen molar-refractivity contribution in [3.8, 4) is 0 Å². The van der Waals surface area contributed by atoms with Crippen LogP contribution in [0.25, 0.3) is 0 Å². The molecule has 2 N–H and O–H groups in total. The summed E-state index contributed by atoms with van der Waals surface area (Å²) in [5.41, 5.74) is 0. The summed E-state index contributed by atoms with van der Waals surface area (Å²) in [5, 5.41) is 8.56. The maximum atomic E-state index is 11.6. The highest BCUT2D eigenvalue weighted by atomic mass is 32.2. The Bertz CT molecular complexity index is 428. The average Bonchev–Trinajstić information content (AvgIpc) is 2.15. The van der Waals surface area contributed by atoms with E-state index in [2.05, 4.69) is 4.72 Å². The summed E-state index contributed by atoms with van der Waals surface area (Å²) in [4.78, 5) is 0. The van der Waals surface area contributed by atoms with Gasteiger partial charge in [0, 0.05) is 12.6 Å². The Morgan fingerprint density at radius 2 is 2.00 bits per heavy atom. The van der Waals surface area contributed by atoms with Gasteiger partial charge in [-0.2, -0.15) is 0 Å². The van der Waals surface area contributed by atoms with Gasteiger partial charge in [-0.05, 0) is 25.7 Å². The zero-order chi connectivity index (χ0) is 12.9. The molecule has 8 heteroatoms. The molecule has 6 nitrogen and oxygen atoms in total. The van der Waals surface area contributed by atoms with Gasteiger partial charge in [0.2, 0.25) is 10.0 Å². The van der Waals surface area contributed by atoms with Crippen LogP contribution in [0.3, 0.4) is 0 Å². The minimum absolute atomic E-state index is 0.0344. The molecule has 0 spiro atoms. The molecule has 1 atom stereocenters. The van der Waals surface area contributed by atoms with E-state index in [1.54, 1.807) is 0 Å². The van der Waals surface area contributed by atoms with E-state index in [0.717, 1.165) is 0 Å². The molecule has 1 aliphatic rings. The van der Waals surface area contributed by atoms with Gasteiger partial charge in [-0.1, -0.05) is 0 Å². The molecule has 1 heterocycles. The lowest BCUT2D eigenvalue weighted by Gasteiger charge is -2.22. The van der Waals surface area contributed by atoms with Crippen LogP contribution in [0, 0.1) is 0 Å². The van der Waals surface area contributed by atoms with Gasteiger partial charge in [0.25, 0.3) is 0 Å². The second-order valence-corrected chi connectivity index (χ2v) is 8.42. The molecule has 0 aromatic rings. The summed E-state index contributed by atoms with van der Waals surface area (Å²) < 4.78 is 48.3. The lowest BCUT2D eigenvalue weighted by molar-refractivity contribution is 0.287. The fourth-order valence-electron chi connectivity index (χ4n) is 1.83. The summed E-state index contributed by atoms with van der Waals surface area (Å²) in [7, 11) is -6.53. The van der Waals surface area contributed by atoms with Crippen molar-refractivity contribution < 1.29 is 21.9 Å². The first-order chi connectivity index (χ1) is 7.85. The molecule has 0 aromatic heterocycles. The molecule has 0 bridgehead atoms. The summed E-state index contributed by atoms with van der Waals surface area (Å²) in [5.74, 6) is -0.0217. The molecular weight excluding hydrogens is 266 g/mol. The standard InChI is InChI=1S/C9H19NO5S2/c11-5-1-2-7-17(14,15)10-9-4-3-6-16(12,13)8-9/h9-11H,1-8H2. The Morgan fingerprint density at radius 1 is 1.29 bits per heavy atom. The van der Waals surface area contributed by atoms with Crippen LogP contribution in [0.4, 0.5) is 0 Å². The molecular formula is C9H19NO5S2. The van der Waals surface area contributed by atoms with E-state index in [9.17, 15) is 16.8 Å². The van der Waals surface area contributed by atoms with Crippen LogP contribution < -0.4 is 4.72 Å². The minimum atomic E-state index is -3.43. The Kier molecular flexibility index (Phi) is 5.36. The van der Waals surface area contributed by atoms with E-state index >= 15 is 0 Å². The van der Waals surface area contributed by atoms with Crippen LogP contribution in [0.15, 0.2) is 0 Å². The van der Waals surface area contributed by atoms with Crippen LogP contribution in [0.1, 0.15) is 25.7 Å². The van der Waals surface area contributed by atoms with Crippen molar-refractivity contribution in [1.82, 2.24) is 4.72 Å². The van der Waals surface area contributed by atoms with E-state index in [0.29, 0.717) is 25.7 Å². The third-order valence-corrected chi connectivity index (χ3v) is 5.97. The maximum Gasteiger partial charge on any atom is 0.211 e. The quantitative estimate of drug-likeness (QED) is 0.626. The number of aliphatic hydroxyl groups excluding tert-OH is 1. The van der Waals surface area contributed by atoms with Crippen molar-refractivity contribution in [2.75, 3.05) is 23.9 Å². The Morgan fingerprint density at radius 3 is 2.59 bits per heavy atom. The molecule has 1 rings (SSSR count). The predicted molar refractivity (Wildman–Crippen MR) is 64.9 cm³/mol. The summed E-state index contributed by atoms with van der Waals surface area (Å²) in [6.45, 7) is -0.0344. The first-order valence-electron chi connectivity index (χ1n) is 5.66. The molecule has 1 fully saturated rings. The normalized spacial score (nSPS) is 24.6. The molecule has 0 radical (unpaired) electrons. The van der Waals surface area contributed by atoms with Crippen molar-refractivity contribution in [1.29, 1.82) is 0 Å². The maximum absolute atomic E-state index is 11.6. The highest BCUT2D eigenvalue weighted by molar-refractivity contribution is 7.91. The van der Waals surface area contributed by atoms with Gasteiger partial charge >= 0.3 is 0 Å². The van der Waals surface area contributed by atoms with Crippen molar-refractivity contribution in [3.05, 3.63) is 0 Å². The summed E-state index contributed by atoms with van der Waals surface area (Å²) in [6, 6.07) is -0.493. The van der Waals surface area contributed by atoms with E-state index in [1.807, 2.05) is 0 Å². The molecule has 0 aromatic carbocycles. The molecule has 0 amide bonds. The van der Waals surface area contributed by atoms with Crippen LogP contribution in [0.5, 0.6) is 0 Å². The SMILES string of the molecule is O=S1(=O)CCCC(NS(=O)(=O)CCCCO)C1. The number of nitrogens with one attached hydrogen (secondary N) is 1. The monoisotopic (exact) mass is 285 g/mol. The summed E-state index contributed by atoms with van der Waals surface area (Å²) in [6.07, 6.45) is 1.89. The molecule has 1 unspecified atom stereocenters. The minimum Gasteiger partial charge on any atom is -0.396 e. The Labute approximate surface area is 102 Å². The van der Waals surface area contributed by atoms with Gasteiger partial charge in [-0.25, -0.2) is 21.6 Å². The van der Waals surface area contributed by atoms with E-state index < -0.39 is 25.9 Å². The third kappa shape index (κ3) is 5.80. The highest BCUT2D eigenvalue weighted by Crippen LogP contribution is 2.13. The fraction of sp³-hybridized carbons (Fsp3) is 1.00. The molecule has 102 valence electrons. The molecule has 0 aliphatic carbocycles. The first-order valence-corrected chi connectivity index (χ1v) is 9.13. The number of sulfonamides is 1. The Hall–Kier alpha value is -0.180. The van der Waals surface area contributed by atoms with Crippen molar-refractivity contribution in [2.24, 2.45) is 0 Å².